The SMILES string of the molecule is CCNC(=NCc1nc(C(C)(C)C)cs1)NCCc1csc(C)n1.I. The third-order valence-electron chi connectivity index (χ3n) is 3.38. The molecule has 2 rings (SSSR count). The first-order valence-corrected chi connectivity index (χ1v) is 10.0. The molecule has 0 bridgehead atoms. The maximum absolute atomic E-state index is 4.69. The minimum atomic E-state index is 0. The average Bonchev–Trinajstić information content (AvgIpc) is 3.13. The van der Waals surface area contributed by atoms with Gasteiger partial charge in [0.2, 0.25) is 0 Å². The Morgan fingerprint density at radius 1 is 1.16 bits per heavy atom. The summed E-state index contributed by atoms with van der Waals surface area (Å²) < 4.78 is 0. The second kappa shape index (κ2) is 10.4. The van der Waals surface area contributed by atoms with Gasteiger partial charge in [-0.25, -0.2) is 15.0 Å². The highest BCUT2D eigenvalue weighted by Crippen LogP contribution is 2.24. The topological polar surface area (TPSA) is 62.2 Å². The third-order valence-corrected chi connectivity index (χ3v) is 5.03. The molecular weight excluding hydrogens is 465 g/mol. The molecular formula is C17H28IN5S2. The van der Waals surface area contributed by atoms with E-state index in [0.29, 0.717) is 6.54 Å². The van der Waals surface area contributed by atoms with E-state index < -0.39 is 0 Å². The van der Waals surface area contributed by atoms with Crippen LogP contribution >= 0.6 is 46.7 Å². The number of hydrogen-bond acceptors (Lipinski definition) is 5. The van der Waals surface area contributed by atoms with Gasteiger partial charge in [-0.2, -0.15) is 0 Å². The molecule has 25 heavy (non-hydrogen) atoms. The molecule has 0 saturated heterocycles. The van der Waals surface area contributed by atoms with Crippen LogP contribution in [-0.2, 0) is 18.4 Å². The Bertz CT molecular complexity index is 673. The zero-order chi connectivity index (χ0) is 17.6. The molecule has 0 radical (unpaired) electrons. The molecule has 0 amide bonds. The summed E-state index contributed by atoms with van der Waals surface area (Å²) in [5.74, 6) is 0.831. The van der Waals surface area contributed by atoms with Crippen LogP contribution < -0.4 is 10.6 Å². The number of aryl methyl sites for hydroxylation is 1. The molecule has 0 aromatic carbocycles. The van der Waals surface area contributed by atoms with Gasteiger partial charge in [0.05, 0.1) is 22.9 Å². The fraction of sp³-hybridized carbons (Fsp3) is 0.588. The summed E-state index contributed by atoms with van der Waals surface area (Å²) in [5.41, 5.74) is 2.36. The predicted octanol–water partition coefficient (Wildman–Crippen LogP) is 4.12. The monoisotopic (exact) mass is 493 g/mol. The number of nitrogens with zero attached hydrogens (tertiary/aromatic N) is 3. The van der Waals surface area contributed by atoms with Crippen molar-refractivity contribution in [3.63, 3.8) is 0 Å². The van der Waals surface area contributed by atoms with Gasteiger partial charge < -0.3 is 10.6 Å². The Morgan fingerprint density at radius 2 is 1.92 bits per heavy atom. The molecule has 0 aliphatic heterocycles. The van der Waals surface area contributed by atoms with E-state index in [1.807, 2.05) is 6.92 Å². The van der Waals surface area contributed by atoms with Crippen LogP contribution in [0.3, 0.4) is 0 Å². The van der Waals surface area contributed by atoms with E-state index in [2.05, 4.69) is 59.1 Å². The molecule has 2 aromatic heterocycles. The summed E-state index contributed by atoms with van der Waals surface area (Å²) in [7, 11) is 0. The number of halogens is 1. The summed E-state index contributed by atoms with van der Waals surface area (Å²) in [4.78, 5) is 13.8. The van der Waals surface area contributed by atoms with E-state index in [1.54, 1.807) is 22.7 Å². The molecule has 2 N–H and O–H groups in total. The van der Waals surface area contributed by atoms with Gasteiger partial charge in [-0.15, -0.1) is 46.7 Å². The van der Waals surface area contributed by atoms with E-state index >= 15 is 0 Å². The normalized spacial score (nSPS) is 12.0. The predicted molar refractivity (Wildman–Crippen MR) is 120 cm³/mol. The fourth-order valence-electron chi connectivity index (χ4n) is 2.05. The van der Waals surface area contributed by atoms with Gasteiger partial charge >= 0.3 is 0 Å². The quantitative estimate of drug-likeness (QED) is 0.361. The van der Waals surface area contributed by atoms with E-state index in [-0.39, 0.29) is 29.4 Å². The first-order valence-electron chi connectivity index (χ1n) is 8.26. The molecule has 0 saturated carbocycles. The Balaban J connectivity index is 0.00000312. The molecule has 0 spiro atoms. The Kier molecular flexibility index (Phi) is 9.29. The second-order valence-electron chi connectivity index (χ2n) is 6.61. The lowest BCUT2D eigenvalue weighted by atomic mass is 9.93. The van der Waals surface area contributed by atoms with Gasteiger partial charge in [-0.1, -0.05) is 20.8 Å². The molecule has 0 unspecified atom stereocenters. The minimum absolute atomic E-state index is 0. The molecule has 0 aliphatic carbocycles. The number of rotatable bonds is 6. The Hall–Kier alpha value is -0.740. The molecule has 2 aromatic rings. The highest BCUT2D eigenvalue weighted by Gasteiger charge is 2.17. The average molecular weight is 493 g/mol. The molecule has 0 atom stereocenters. The number of nitrogens with one attached hydrogen (secondary N) is 2. The third kappa shape index (κ3) is 7.57. The summed E-state index contributed by atoms with van der Waals surface area (Å²) in [6.07, 6.45) is 0.903. The van der Waals surface area contributed by atoms with Crippen LogP contribution in [0.25, 0.3) is 0 Å². The first-order chi connectivity index (χ1) is 11.4. The van der Waals surface area contributed by atoms with E-state index in [1.165, 1.54) is 0 Å². The smallest absolute Gasteiger partial charge is 0.191 e. The Morgan fingerprint density at radius 3 is 2.48 bits per heavy atom. The van der Waals surface area contributed by atoms with Crippen LogP contribution in [0, 0.1) is 6.92 Å². The van der Waals surface area contributed by atoms with Gasteiger partial charge in [0.1, 0.15) is 5.01 Å². The molecule has 8 heteroatoms. The standard InChI is InChI=1S/C17H27N5S2.HI/c1-6-18-16(19-8-7-13-10-23-12(2)21-13)20-9-15-22-14(11-24-15)17(3,4)5;/h10-11H,6-9H2,1-5H3,(H2,18,19,20);1H. The van der Waals surface area contributed by atoms with Crippen molar-refractivity contribution in [3.05, 3.63) is 32.2 Å². The van der Waals surface area contributed by atoms with Crippen molar-refractivity contribution >= 4 is 52.6 Å². The van der Waals surface area contributed by atoms with Crippen LogP contribution in [0.1, 0.15) is 49.1 Å². The number of aliphatic imine (C=N–C) groups is 1. The summed E-state index contributed by atoms with van der Waals surface area (Å²) in [5, 5.41) is 13.1. The van der Waals surface area contributed by atoms with Crippen molar-refractivity contribution in [3.8, 4) is 0 Å². The lowest BCUT2D eigenvalue weighted by molar-refractivity contribution is 0.571. The number of aromatic nitrogens is 2. The minimum Gasteiger partial charge on any atom is -0.357 e. The maximum atomic E-state index is 4.69. The van der Waals surface area contributed by atoms with Gasteiger partial charge in [0.15, 0.2) is 5.96 Å². The molecule has 0 fully saturated rings. The fourth-order valence-corrected chi connectivity index (χ4v) is 3.64. The van der Waals surface area contributed by atoms with Crippen molar-refractivity contribution in [2.45, 2.75) is 53.0 Å². The zero-order valence-corrected chi connectivity index (χ0v) is 19.5. The van der Waals surface area contributed by atoms with Gasteiger partial charge in [0.25, 0.3) is 0 Å². The van der Waals surface area contributed by atoms with E-state index in [9.17, 15) is 0 Å². The van der Waals surface area contributed by atoms with Crippen molar-refractivity contribution in [2.24, 2.45) is 4.99 Å². The van der Waals surface area contributed by atoms with Crippen molar-refractivity contribution < 1.29 is 0 Å². The molecule has 0 aliphatic rings. The van der Waals surface area contributed by atoms with E-state index in [0.717, 1.165) is 46.9 Å². The highest BCUT2D eigenvalue weighted by molar-refractivity contribution is 14.0. The molecule has 140 valence electrons. The Labute approximate surface area is 175 Å². The zero-order valence-electron chi connectivity index (χ0n) is 15.5. The largest absolute Gasteiger partial charge is 0.357 e. The molecule has 2 heterocycles. The van der Waals surface area contributed by atoms with Gasteiger partial charge in [0, 0.05) is 35.7 Å². The number of hydrogen-bond donors (Lipinski definition) is 2. The lowest BCUT2D eigenvalue weighted by Crippen LogP contribution is -2.38. The summed E-state index contributed by atoms with van der Waals surface area (Å²) in [6.45, 7) is 12.9. The van der Waals surface area contributed by atoms with Crippen LogP contribution in [0.15, 0.2) is 15.8 Å². The second-order valence-corrected chi connectivity index (χ2v) is 8.61. The van der Waals surface area contributed by atoms with Crippen LogP contribution in [0.4, 0.5) is 0 Å². The van der Waals surface area contributed by atoms with Gasteiger partial charge in [-0.3, -0.25) is 0 Å². The number of guanidine groups is 1. The summed E-state index contributed by atoms with van der Waals surface area (Å²) in [6, 6.07) is 0. The van der Waals surface area contributed by atoms with Crippen molar-refractivity contribution in [1.29, 1.82) is 0 Å². The first kappa shape index (κ1) is 22.3. The maximum Gasteiger partial charge on any atom is 0.191 e. The lowest BCUT2D eigenvalue weighted by Gasteiger charge is -2.14. The summed E-state index contributed by atoms with van der Waals surface area (Å²) >= 11 is 3.37. The van der Waals surface area contributed by atoms with E-state index in [4.69, 9.17) is 4.98 Å². The number of thiazole rings is 2. The van der Waals surface area contributed by atoms with Crippen LogP contribution in [0.2, 0.25) is 0 Å². The van der Waals surface area contributed by atoms with Crippen LogP contribution in [-0.4, -0.2) is 29.0 Å². The molecule has 5 nitrogen and oxygen atoms in total. The van der Waals surface area contributed by atoms with Crippen molar-refractivity contribution in [2.75, 3.05) is 13.1 Å². The van der Waals surface area contributed by atoms with Crippen molar-refractivity contribution in [1.82, 2.24) is 20.6 Å². The van der Waals surface area contributed by atoms with Gasteiger partial charge in [-0.05, 0) is 13.8 Å². The van der Waals surface area contributed by atoms with Crippen LogP contribution in [0.5, 0.6) is 0 Å². The highest BCUT2D eigenvalue weighted by atomic mass is 127.